The van der Waals surface area contributed by atoms with Crippen LogP contribution >= 0.6 is 0 Å². The summed E-state index contributed by atoms with van der Waals surface area (Å²) in [6.45, 7) is 0. The van der Waals surface area contributed by atoms with Crippen LogP contribution in [0.4, 0.5) is 0 Å². The average Bonchev–Trinajstić information content (AvgIpc) is 2.94. The highest BCUT2D eigenvalue weighted by Gasteiger charge is 2.12. The maximum Gasteiger partial charge on any atom is 0.120 e. The number of hydrogen-bond acceptors (Lipinski definition) is 4. The van der Waals surface area contributed by atoms with Crippen molar-refractivity contribution in [3.05, 3.63) is 54.3 Å². The number of H-pyrrole nitrogens is 1. The topological polar surface area (TPSA) is 82.0 Å². The number of phenolic OH excluding ortho intramolecular Hbond substituents is 1. The highest BCUT2D eigenvalue weighted by molar-refractivity contribution is 5.92. The minimum atomic E-state index is 0.195. The molecule has 1 aromatic heterocycles. The molecule has 0 saturated carbocycles. The second-order valence-corrected chi connectivity index (χ2v) is 4.41. The molecule has 2 aromatic carbocycles. The Labute approximate surface area is 115 Å². The van der Waals surface area contributed by atoms with Crippen molar-refractivity contribution in [2.45, 2.75) is 6.42 Å². The third kappa shape index (κ3) is 1.99. The minimum absolute atomic E-state index is 0.195. The Morgan fingerprint density at radius 1 is 1.10 bits per heavy atom. The van der Waals surface area contributed by atoms with Crippen LogP contribution in [0.2, 0.25) is 0 Å². The van der Waals surface area contributed by atoms with Crippen molar-refractivity contribution < 1.29 is 10.2 Å². The van der Waals surface area contributed by atoms with Gasteiger partial charge in [-0.05, 0) is 30.2 Å². The molecule has 0 atom stereocenters. The van der Waals surface area contributed by atoms with Gasteiger partial charge in [0.15, 0.2) is 0 Å². The number of aromatic hydroxyl groups is 1. The standard InChI is InChI=1S/C15H13N3O2/c19-9-3-6-11-10(4-2-8-14(11)20)12-5-1-7-13-15(12)17-18-16-13/h1-5,7-9,19-20H,6H2,(H,16,17,18). The zero-order chi connectivity index (χ0) is 13.9. The number of hydrogen-bond donors (Lipinski definition) is 3. The monoisotopic (exact) mass is 267 g/mol. The summed E-state index contributed by atoms with van der Waals surface area (Å²) < 4.78 is 0. The number of aliphatic hydroxyl groups excluding tert-OH is 1. The third-order valence-electron chi connectivity index (χ3n) is 3.23. The van der Waals surface area contributed by atoms with Crippen LogP contribution in [-0.2, 0) is 6.42 Å². The number of benzene rings is 2. The zero-order valence-corrected chi connectivity index (χ0v) is 10.6. The summed E-state index contributed by atoms with van der Waals surface area (Å²) >= 11 is 0. The van der Waals surface area contributed by atoms with E-state index in [1.807, 2.05) is 24.3 Å². The molecule has 20 heavy (non-hydrogen) atoms. The molecule has 0 aliphatic heterocycles. The van der Waals surface area contributed by atoms with Crippen molar-refractivity contribution in [1.82, 2.24) is 15.4 Å². The highest BCUT2D eigenvalue weighted by Crippen LogP contribution is 2.33. The molecular weight excluding hydrogens is 254 g/mol. The van der Waals surface area contributed by atoms with Gasteiger partial charge >= 0.3 is 0 Å². The first-order chi connectivity index (χ1) is 9.81. The van der Waals surface area contributed by atoms with E-state index in [2.05, 4.69) is 15.4 Å². The number of allylic oxidation sites excluding steroid dienone is 1. The molecule has 0 fully saturated rings. The molecule has 0 saturated heterocycles. The maximum atomic E-state index is 10.0. The first kappa shape index (κ1) is 12.2. The van der Waals surface area contributed by atoms with Crippen LogP contribution in [0.25, 0.3) is 22.2 Å². The molecular formula is C15H13N3O2. The predicted molar refractivity (Wildman–Crippen MR) is 76.5 cm³/mol. The molecule has 3 aromatic rings. The van der Waals surface area contributed by atoms with E-state index < -0.39 is 0 Å². The lowest BCUT2D eigenvalue weighted by Crippen LogP contribution is -1.90. The van der Waals surface area contributed by atoms with Crippen LogP contribution in [0.3, 0.4) is 0 Å². The maximum absolute atomic E-state index is 10.0. The van der Waals surface area contributed by atoms with Gasteiger partial charge < -0.3 is 10.2 Å². The fraction of sp³-hybridized carbons (Fsp3) is 0.0667. The van der Waals surface area contributed by atoms with Gasteiger partial charge in [0.1, 0.15) is 11.3 Å². The Morgan fingerprint density at radius 3 is 2.75 bits per heavy atom. The van der Waals surface area contributed by atoms with Crippen LogP contribution in [0.15, 0.2) is 48.7 Å². The average molecular weight is 267 g/mol. The molecule has 0 spiro atoms. The van der Waals surface area contributed by atoms with Crippen molar-refractivity contribution in [2.24, 2.45) is 0 Å². The largest absolute Gasteiger partial charge is 0.516 e. The fourth-order valence-corrected chi connectivity index (χ4v) is 2.30. The van der Waals surface area contributed by atoms with Crippen molar-refractivity contribution in [1.29, 1.82) is 0 Å². The van der Waals surface area contributed by atoms with Crippen molar-refractivity contribution in [3.63, 3.8) is 0 Å². The van der Waals surface area contributed by atoms with E-state index in [1.165, 1.54) is 0 Å². The van der Waals surface area contributed by atoms with E-state index in [9.17, 15) is 5.11 Å². The molecule has 5 nitrogen and oxygen atoms in total. The van der Waals surface area contributed by atoms with Crippen molar-refractivity contribution >= 4 is 11.0 Å². The number of fused-ring (bicyclic) bond motifs is 1. The predicted octanol–water partition coefficient (Wildman–Crippen LogP) is 2.94. The molecule has 0 unspecified atom stereocenters. The van der Waals surface area contributed by atoms with Gasteiger partial charge in [-0.2, -0.15) is 0 Å². The summed E-state index contributed by atoms with van der Waals surface area (Å²) in [6, 6.07) is 11.1. The molecule has 0 aliphatic rings. The van der Waals surface area contributed by atoms with Crippen molar-refractivity contribution in [3.8, 4) is 16.9 Å². The summed E-state index contributed by atoms with van der Waals surface area (Å²) in [4.78, 5) is 0. The van der Waals surface area contributed by atoms with Gasteiger partial charge in [-0.15, -0.1) is 5.10 Å². The van der Waals surface area contributed by atoms with Crippen LogP contribution in [0.1, 0.15) is 5.56 Å². The van der Waals surface area contributed by atoms with Crippen LogP contribution < -0.4 is 0 Å². The van der Waals surface area contributed by atoms with E-state index in [-0.39, 0.29) is 5.75 Å². The first-order valence-electron chi connectivity index (χ1n) is 6.21. The Morgan fingerprint density at radius 2 is 1.90 bits per heavy atom. The second-order valence-electron chi connectivity index (χ2n) is 4.41. The number of rotatable bonds is 3. The summed E-state index contributed by atoms with van der Waals surface area (Å²) in [6.07, 6.45) is 3.00. The van der Waals surface area contributed by atoms with Gasteiger partial charge in [0, 0.05) is 11.1 Å². The van der Waals surface area contributed by atoms with Crippen LogP contribution in [-0.4, -0.2) is 25.6 Å². The van der Waals surface area contributed by atoms with E-state index in [1.54, 1.807) is 18.2 Å². The van der Waals surface area contributed by atoms with E-state index >= 15 is 0 Å². The summed E-state index contributed by atoms with van der Waals surface area (Å²) in [5.74, 6) is 0.195. The van der Waals surface area contributed by atoms with Gasteiger partial charge in [-0.1, -0.05) is 29.5 Å². The molecule has 0 amide bonds. The Bertz CT molecular complexity index is 778. The van der Waals surface area contributed by atoms with Crippen molar-refractivity contribution in [2.75, 3.05) is 0 Å². The Balaban J connectivity index is 2.23. The SMILES string of the molecule is OC=CCc1c(O)cccc1-c1cccc2[nH]nnc12. The summed E-state index contributed by atoms with van der Waals surface area (Å²) in [5, 5.41) is 29.6. The van der Waals surface area contributed by atoms with E-state index in [0.29, 0.717) is 6.42 Å². The number of phenols is 1. The van der Waals surface area contributed by atoms with Crippen LogP contribution in [0, 0.1) is 0 Å². The third-order valence-corrected chi connectivity index (χ3v) is 3.23. The smallest absolute Gasteiger partial charge is 0.120 e. The number of aliphatic hydroxyl groups is 1. The molecule has 1 heterocycles. The Hall–Kier alpha value is -2.82. The lowest BCUT2D eigenvalue weighted by atomic mass is 9.96. The molecule has 3 rings (SSSR count). The number of nitrogens with zero attached hydrogens (tertiary/aromatic N) is 2. The highest BCUT2D eigenvalue weighted by atomic mass is 16.3. The molecule has 0 aliphatic carbocycles. The summed E-state index contributed by atoms with van der Waals surface area (Å²) in [5.41, 5.74) is 4.12. The number of aromatic nitrogens is 3. The quantitative estimate of drug-likeness (QED) is 0.637. The molecule has 5 heteroatoms. The number of aromatic amines is 1. The van der Waals surface area contributed by atoms with Gasteiger partial charge in [0.05, 0.1) is 11.8 Å². The van der Waals surface area contributed by atoms with Gasteiger partial charge in [-0.3, -0.25) is 5.10 Å². The molecule has 0 radical (unpaired) electrons. The minimum Gasteiger partial charge on any atom is -0.516 e. The number of nitrogens with one attached hydrogen (secondary N) is 1. The molecule has 3 N–H and O–H groups in total. The molecule has 0 bridgehead atoms. The summed E-state index contributed by atoms with van der Waals surface area (Å²) in [7, 11) is 0. The Kier molecular flexibility index (Phi) is 3.09. The second kappa shape index (κ2) is 5.05. The van der Waals surface area contributed by atoms with Gasteiger partial charge in [0.2, 0.25) is 0 Å². The molecule has 100 valence electrons. The van der Waals surface area contributed by atoms with E-state index in [4.69, 9.17) is 5.11 Å². The van der Waals surface area contributed by atoms with E-state index in [0.717, 1.165) is 34.0 Å². The lowest BCUT2D eigenvalue weighted by Gasteiger charge is -2.10. The zero-order valence-electron chi connectivity index (χ0n) is 10.6. The normalized spacial score (nSPS) is 11.4. The van der Waals surface area contributed by atoms with Gasteiger partial charge in [-0.25, -0.2) is 0 Å². The van der Waals surface area contributed by atoms with Crippen LogP contribution in [0.5, 0.6) is 5.75 Å². The fourth-order valence-electron chi connectivity index (χ4n) is 2.30. The first-order valence-corrected chi connectivity index (χ1v) is 6.21. The lowest BCUT2D eigenvalue weighted by molar-refractivity contribution is 0.466. The van der Waals surface area contributed by atoms with Gasteiger partial charge in [0.25, 0.3) is 0 Å².